The van der Waals surface area contributed by atoms with E-state index < -0.39 is 17.1 Å². The van der Waals surface area contributed by atoms with E-state index >= 15 is 0 Å². The second kappa shape index (κ2) is 12.7. The normalized spacial score (nSPS) is 11.5. The molecular formula is C26H23ClN2O6S. The number of carbonyl (C=O) groups excluding carboxylic acids is 2. The molecule has 3 aromatic rings. The maximum absolute atomic E-state index is 13.4. The Morgan fingerprint density at radius 2 is 1.58 bits per heavy atom. The summed E-state index contributed by atoms with van der Waals surface area (Å²) in [7, 11) is 2.98. The fraction of sp³-hybridized carbons (Fsp3) is 0.115. The number of anilines is 2. The molecule has 0 saturated heterocycles. The van der Waals surface area contributed by atoms with Crippen LogP contribution in [0.25, 0.3) is 0 Å². The standard InChI is InChI=1S/C26H23ClN2O6S/c1-34-21-15-22(35-2)20(14-19(21)27)29-26(33)25(16-6-4-3-5-7-16)36-18-10-8-17(9-11-18)28-23(30)12-13-24(31)32/h3-15,25H,1-2H3,(H,28,30)(H,29,33)(H,31,32)/b13-12+. The van der Waals surface area contributed by atoms with E-state index in [2.05, 4.69) is 10.6 Å². The largest absolute Gasteiger partial charge is 0.495 e. The average Bonchev–Trinajstić information content (AvgIpc) is 2.87. The maximum Gasteiger partial charge on any atom is 0.328 e. The van der Waals surface area contributed by atoms with Gasteiger partial charge in [0.05, 0.1) is 24.9 Å². The molecule has 1 unspecified atom stereocenters. The van der Waals surface area contributed by atoms with Crippen LogP contribution in [-0.2, 0) is 14.4 Å². The van der Waals surface area contributed by atoms with E-state index in [9.17, 15) is 14.4 Å². The number of benzene rings is 3. The molecule has 0 fully saturated rings. The van der Waals surface area contributed by atoms with Crippen LogP contribution in [0.15, 0.2) is 83.8 Å². The Bertz CT molecular complexity index is 1270. The van der Waals surface area contributed by atoms with Crippen LogP contribution in [0.2, 0.25) is 5.02 Å². The van der Waals surface area contributed by atoms with Gasteiger partial charge in [-0.1, -0.05) is 41.9 Å². The number of thioether (sulfide) groups is 1. The van der Waals surface area contributed by atoms with E-state index in [4.69, 9.17) is 26.2 Å². The molecule has 0 radical (unpaired) electrons. The van der Waals surface area contributed by atoms with Gasteiger partial charge in [-0.05, 0) is 35.9 Å². The fourth-order valence-electron chi connectivity index (χ4n) is 3.14. The van der Waals surface area contributed by atoms with Crippen LogP contribution in [0.5, 0.6) is 11.5 Å². The first-order valence-electron chi connectivity index (χ1n) is 10.6. The lowest BCUT2D eigenvalue weighted by Gasteiger charge is -2.19. The van der Waals surface area contributed by atoms with Gasteiger partial charge in [-0.2, -0.15) is 0 Å². The molecule has 36 heavy (non-hydrogen) atoms. The van der Waals surface area contributed by atoms with Crippen molar-refractivity contribution in [2.75, 3.05) is 24.9 Å². The Labute approximate surface area is 217 Å². The Hall–Kier alpha value is -3.95. The molecule has 0 heterocycles. The lowest BCUT2D eigenvalue weighted by atomic mass is 10.1. The molecule has 3 N–H and O–H groups in total. The Kier molecular flexibility index (Phi) is 9.38. The van der Waals surface area contributed by atoms with Crippen LogP contribution in [0.1, 0.15) is 10.8 Å². The number of hydrogen-bond donors (Lipinski definition) is 3. The van der Waals surface area contributed by atoms with E-state index in [1.54, 1.807) is 36.4 Å². The van der Waals surface area contributed by atoms with Crippen LogP contribution in [0.4, 0.5) is 11.4 Å². The minimum absolute atomic E-state index is 0.290. The van der Waals surface area contributed by atoms with Crippen LogP contribution >= 0.6 is 23.4 Å². The second-order valence-electron chi connectivity index (χ2n) is 7.27. The number of amides is 2. The van der Waals surface area contributed by atoms with Gasteiger partial charge < -0.3 is 25.2 Å². The summed E-state index contributed by atoms with van der Waals surface area (Å²) >= 11 is 7.58. The highest BCUT2D eigenvalue weighted by Gasteiger charge is 2.24. The van der Waals surface area contributed by atoms with E-state index in [0.29, 0.717) is 27.9 Å². The first-order valence-corrected chi connectivity index (χ1v) is 11.8. The van der Waals surface area contributed by atoms with Crippen molar-refractivity contribution < 1.29 is 29.0 Å². The number of carboxylic acids is 1. The zero-order valence-corrected chi connectivity index (χ0v) is 20.9. The quantitative estimate of drug-likeness (QED) is 0.239. The summed E-state index contributed by atoms with van der Waals surface area (Å²) in [4.78, 5) is 36.5. The van der Waals surface area contributed by atoms with Gasteiger partial charge in [-0.25, -0.2) is 4.79 Å². The number of rotatable bonds is 10. The number of nitrogens with one attached hydrogen (secondary N) is 2. The van der Waals surface area contributed by atoms with E-state index in [1.165, 1.54) is 26.0 Å². The zero-order valence-electron chi connectivity index (χ0n) is 19.4. The Morgan fingerprint density at radius 3 is 2.19 bits per heavy atom. The van der Waals surface area contributed by atoms with Gasteiger partial charge in [-0.3, -0.25) is 9.59 Å². The molecule has 0 aliphatic carbocycles. The SMILES string of the molecule is COc1cc(OC)c(NC(=O)C(Sc2ccc(NC(=O)/C=C/C(=O)O)cc2)c2ccccc2)cc1Cl. The van der Waals surface area contributed by atoms with Gasteiger partial charge >= 0.3 is 5.97 Å². The van der Waals surface area contributed by atoms with Gasteiger partial charge in [0, 0.05) is 28.8 Å². The number of methoxy groups -OCH3 is 2. The topological polar surface area (TPSA) is 114 Å². The highest BCUT2D eigenvalue weighted by atomic mass is 35.5. The molecule has 0 saturated carbocycles. The Balaban J connectivity index is 1.81. The minimum Gasteiger partial charge on any atom is -0.495 e. The van der Waals surface area contributed by atoms with E-state index in [-0.39, 0.29) is 5.91 Å². The summed E-state index contributed by atoms with van der Waals surface area (Å²) in [6.07, 6.45) is 1.69. The number of hydrogen-bond acceptors (Lipinski definition) is 6. The summed E-state index contributed by atoms with van der Waals surface area (Å²) < 4.78 is 10.6. The molecule has 186 valence electrons. The summed E-state index contributed by atoms with van der Waals surface area (Å²) in [6.45, 7) is 0. The summed E-state index contributed by atoms with van der Waals surface area (Å²) in [5.74, 6) is -1.24. The molecule has 3 aromatic carbocycles. The average molecular weight is 527 g/mol. The number of carbonyl (C=O) groups is 3. The van der Waals surface area contributed by atoms with E-state index in [0.717, 1.165) is 22.6 Å². The predicted octanol–water partition coefficient (Wildman–Crippen LogP) is 5.41. The van der Waals surface area contributed by atoms with Crippen molar-refractivity contribution in [3.63, 3.8) is 0 Å². The molecule has 3 rings (SSSR count). The molecule has 0 aromatic heterocycles. The van der Waals surface area contributed by atoms with Crippen molar-refractivity contribution in [1.82, 2.24) is 0 Å². The van der Waals surface area contributed by atoms with Gasteiger partial charge in [0.15, 0.2) is 0 Å². The summed E-state index contributed by atoms with van der Waals surface area (Å²) in [5, 5.41) is 13.8. The fourth-order valence-corrected chi connectivity index (χ4v) is 4.41. The number of carboxylic acid groups (broad SMARTS) is 1. The first kappa shape index (κ1) is 26.7. The molecule has 1 atom stereocenters. The van der Waals surface area contributed by atoms with Crippen LogP contribution < -0.4 is 20.1 Å². The zero-order chi connectivity index (χ0) is 26.1. The summed E-state index contributed by atoms with van der Waals surface area (Å²) in [5.41, 5.74) is 1.68. The summed E-state index contributed by atoms with van der Waals surface area (Å²) in [6, 6.07) is 19.3. The van der Waals surface area contributed by atoms with Crippen molar-refractivity contribution >= 4 is 52.5 Å². The highest BCUT2D eigenvalue weighted by Crippen LogP contribution is 2.40. The molecule has 0 bridgehead atoms. The molecule has 0 aliphatic rings. The Morgan fingerprint density at radius 1 is 0.917 bits per heavy atom. The van der Waals surface area contributed by atoms with Crippen molar-refractivity contribution in [3.05, 3.63) is 89.5 Å². The van der Waals surface area contributed by atoms with Crippen molar-refractivity contribution in [1.29, 1.82) is 0 Å². The number of halogens is 1. The highest BCUT2D eigenvalue weighted by molar-refractivity contribution is 8.00. The van der Waals surface area contributed by atoms with Gasteiger partial charge in [0.2, 0.25) is 11.8 Å². The van der Waals surface area contributed by atoms with Crippen molar-refractivity contribution in [3.8, 4) is 11.5 Å². The molecule has 10 heteroatoms. The second-order valence-corrected chi connectivity index (χ2v) is 8.86. The van der Waals surface area contributed by atoms with Crippen LogP contribution in [-0.4, -0.2) is 37.1 Å². The van der Waals surface area contributed by atoms with Gasteiger partial charge in [0.25, 0.3) is 0 Å². The van der Waals surface area contributed by atoms with Gasteiger partial charge in [-0.15, -0.1) is 11.8 Å². The van der Waals surface area contributed by atoms with Gasteiger partial charge in [0.1, 0.15) is 16.7 Å². The first-order chi connectivity index (χ1) is 17.3. The molecular weight excluding hydrogens is 504 g/mol. The molecule has 0 spiro atoms. The number of aliphatic carboxylic acids is 1. The number of ether oxygens (including phenoxy) is 2. The van der Waals surface area contributed by atoms with E-state index in [1.807, 2.05) is 30.3 Å². The van der Waals surface area contributed by atoms with Crippen molar-refractivity contribution in [2.45, 2.75) is 10.1 Å². The predicted molar refractivity (Wildman–Crippen MR) is 140 cm³/mol. The smallest absolute Gasteiger partial charge is 0.328 e. The molecule has 2 amide bonds. The monoisotopic (exact) mass is 526 g/mol. The lowest BCUT2D eigenvalue weighted by Crippen LogP contribution is -2.19. The van der Waals surface area contributed by atoms with Crippen LogP contribution in [0.3, 0.4) is 0 Å². The third-order valence-electron chi connectivity index (χ3n) is 4.83. The maximum atomic E-state index is 13.4. The molecule has 8 nitrogen and oxygen atoms in total. The minimum atomic E-state index is -1.21. The van der Waals surface area contributed by atoms with Crippen molar-refractivity contribution in [2.24, 2.45) is 0 Å². The van der Waals surface area contributed by atoms with Crippen LogP contribution in [0, 0.1) is 0 Å². The molecule has 0 aliphatic heterocycles. The third kappa shape index (κ3) is 7.27. The lowest BCUT2D eigenvalue weighted by molar-refractivity contribution is -0.131. The third-order valence-corrected chi connectivity index (χ3v) is 6.39.